The van der Waals surface area contributed by atoms with Crippen molar-refractivity contribution in [1.82, 2.24) is 14.9 Å². The van der Waals surface area contributed by atoms with E-state index in [1.807, 2.05) is 53.4 Å². The molecule has 1 aliphatic heterocycles. The first kappa shape index (κ1) is 25.6. The van der Waals surface area contributed by atoms with Crippen LogP contribution in [0.25, 0.3) is 0 Å². The molecule has 1 fully saturated rings. The second-order valence-electron chi connectivity index (χ2n) is 8.22. The van der Waals surface area contributed by atoms with Gasteiger partial charge in [-0.05, 0) is 43.7 Å². The summed E-state index contributed by atoms with van der Waals surface area (Å²) in [7, 11) is 0. The molecule has 0 atom stereocenters. The standard InChI is InChI=1S/C26H29Cl2N5OS/c1-3-31(4-2)24-17-23(28)29-26(30-24)35-18-19-8-7-9-20(16-19)25(34)33-14-12-32(13-15-33)22-11-6-5-10-21(22)27/h5-11,16-17H,3-4,12-15,18H2,1-2H3. The highest BCUT2D eigenvalue weighted by molar-refractivity contribution is 7.98. The summed E-state index contributed by atoms with van der Waals surface area (Å²) in [6, 6.07) is 17.4. The molecule has 9 heteroatoms. The summed E-state index contributed by atoms with van der Waals surface area (Å²) in [5, 5.41) is 1.81. The molecular weight excluding hydrogens is 501 g/mol. The number of aromatic nitrogens is 2. The van der Waals surface area contributed by atoms with Gasteiger partial charge in [0.2, 0.25) is 0 Å². The largest absolute Gasteiger partial charge is 0.367 e. The first-order chi connectivity index (χ1) is 17.0. The van der Waals surface area contributed by atoms with Gasteiger partial charge in [0.1, 0.15) is 11.0 Å². The van der Waals surface area contributed by atoms with Crippen LogP contribution in [-0.2, 0) is 5.75 Å². The third-order valence-corrected chi connectivity index (χ3v) is 7.48. The summed E-state index contributed by atoms with van der Waals surface area (Å²) in [5.74, 6) is 1.54. The lowest BCUT2D eigenvalue weighted by Gasteiger charge is -2.36. The highest BCUT2D eigenvalue weighted by Crippen LogP contribution is 2.27. The number of piperazine rings is 1. The van der Waals surface area contributed by atoms with E-state index < -0.39 is 0 Å². The van der Waals surface area contributed by atoms with Crippen molar-refractivity contribution in [3.63, 3.8) is 0 Å². The molecule has 0 unspecified atom stereocenters. The normalized spacial score (nSPS) is 13.7. The van der Waals surface area contributed by atoms with E-state index in [0.29, 0.717) is 34.7 Å². The fourth-order valence-corrected chi connectivity index (χ4v) is 5.42. The van der Waals surface area contributed by atoms with Crippen LogP contribution in [0.3, 0.4) is 0 Å². The molecule has 4 rings (SSSR count). The van der Waals surface area contributed by atoms with Crippen molar-refractivity contribution < 1.29 is 4.79 Å². The van der Waals surface area contributed by atoms with Crippen molar-refractivity contribution in [3.05, 3.63) is 75.9 Å². The van der Waals surface area contributed by atoms with Crippen molar-refractivity contribution in [1.29, 1.82) is 0 Å². The maximum Gasteiger partial charge on any atom is 0.253 e. The van der Waals surface area contributed by atoms with Gasteiger partial charge in [0, 0.05) is 56.7 Å². The van der Waals surface area contributed by atoms with Crippen LogP contribution in [-0.4, -0.2) is 60.0 Å². The van der Waals surface area contributed by atoms with E-state index in [2.05, 4.69) is 33.6 Å². The molecule has 2 aromatic carbocycles. The zero-order chi connectivity index (χ0) is 24.8. The van der Waals surface area contributed by atoms with Crippen LogP contribution in [0.2, 0.25) is 10.2 Å². The zero-order valence-electron chi connectivity index (χ0n) is 20.0. The minimum absolute atomic E-state index is 0.0542. The van der Waals surface area contributed by atoms with E-state index in [1.54, 1.807) is 6.07 Å². The molecule has 6 nitrogen and oxygen atoms in total. The number of carbonyl (C=O) groups excluding carboxylic acids is 1. The number of rotatable bonds is 8. The SMILES string of the molecule is CCN(CC)c1cc(Cl)nc(SCc2cccc(C(=O)N3CCN(c4ccccc4Cl)CC3)c2)n1. The van der Waals surface area contributed by atoms with Crippen LogP contribution in [0.1, 0.15) is 29.8 Å². The number of hydrogen-bond acceptors (Lipinski definition) is 6. The topological polar surface area (TPSA) is 52.6 Å². The van der Waals surface area contributed by atoms with Gasteiger partial charge >= 0.3 is 0 Å². The number of anilines is 2. The van der Waals surface area contributed by atoms with E-state index in [4.69, 9.17) is 23.2 Å². The number of carbonyl (C=O) groups is 1. The average molecular weight is 531 g/mol. The van der Waals surface area contributed by atoms with Crippen LogP contribution in [0.5, 0.6) is 0 Å². The fourth-order valence-electron chi connectivity index (χ4n) is 4.14. The monoisotopic (exact) mass is 529 g/mol. The Morgan fingerprint density at radius 3 is 2.43 bits per heavy atom. The Balaban J connectivity index is 1.38. The van der Waals surface area contributed by atoms with Crippen LogP contribution in [0, 0.1) is 0 Å². The molecule has 3 aromatic rings. The molecule has 1 aromatic heterocycles. The molecule has 35 heavy (non-hydrogen) atoms. The molecule has 184 valence electrons. The van der Waals surface area contributed by atoms with Crippen LogP contribution < -0.4 is 9.80 Å². The molecule has 0 radical (unpaired) electrons. The maximum atomic E-state index is 13.2. The predicted molar refractivity (Wildman–Crippen MR) is 146 cm³/mol. The number of para-hydroxylation sites is 1. The van der Waals surface area contributed by atoms with Gasteiger partial charge in [0.05, 0.1) is 10.7 Å². The van der Waals surface area contributed by atoms with E-state index in [9.17, 15) is 4.79 Å². The number of halogens is 2. The zero-order valence-corrected chi connectivity index (χ0v) is 22.3. The third kappa shape index (κ3) is 6.40. The molecule has 1 saturated heterocycles. The second kappa shape index (κ2) is 12.0. The van der Waals surface area contributed by atoms with Crippen molar-refractivity contribution >= 4 is 52.4 Å². The van der Waals surface area contributed by atoms with Gasteiger partial charge in [-0.3, -0.25) is 4.79 Å². The predicted octanol–water partition coefficient (Wildman–Crippen LogP) is 5.88. The van der Waals surface area contributed by atoms with Crippen LogP contribution >= 0.6 is 35.0 Å². The average Bonchev–Trinajstić information content (AvgIpc) is 2.88. The number of benzene rings is 2. The number of nitrogens with zero attached hydrogens (tertiary/aromatic N) is 5. The van der Waals surface area contributed by atoms with Crippen molar-refractivity contribution in [2.75, 3.05) is 49.1 Å². The number of amides is 1. The van der Waals surface area contributed by atoms with E-state index >= 15 is 0 Å². The first-order valence-electron chi connectivity index (χ1n) is 11.8. The first-order valence-corrected chi connectivity index (χ1v) is 13.5. The minimum Gasteiger partial charge on any atom is -0.367 e. The summed E-state index contributed by atoms with van der Waals surface area (Å²) in [6.07, 6.45) is 0. The van der Waals surface area contributed by atoms with Gasteiger partial charge in [-0.25, -0.2) is 9.97 Å². The molecule has 0 bridgehead atoms. The summed E-state index contributed by atoms with van der Waals surface area (Å²) < 4.78 is 0. The summed E-state index contributed by atoms with van der Waals surface area (Å²) in [6.45, 7) is 8.71. The third-order valence-electron chi connectivity index (χ3n) is 6.05. The molecule has 1 aliphatic rings. The molecular formula is C26H29Cl2N5OS. The number of hydrogen-bond donors (Lipinski definition) is 0. The van der Waals surface area contributed by atoms with Gasteiger partial charge in [-0.15, -0.1) is 0 Å². The van der Waals surface area contributed by atoms with Gasteiger partial charge in [0.25, 0.3) is 5.91 Å². The minimum atomic E-state index is 0.0542. The van der Waals surface area contributed by atoms with E-state index in [0.717, 1.165) is 48.3 Å². The molecule has 0 saturated carbocycles. The Morgan fingerprint density at radius 2 is 1.71 bits per heavy atom. The quantitative estimate of drug-likeness (QED) is 0.206. The highest BCUT2D eigenvalue weighted by Gasteiger charge is 2.23. The summed E-state index contributed by atoms with van der Waals surface area (Å²) in [5.41, 5.74) is 2.77. The highest BCUT2D eigenvalue weighted by atomic mass is 35.5. The van der Waals surface area contributed by atoms with Gasteiger partial charge in [0.15, 0.2) is 5.16 Å². The van der Waals surface area contributed by atoms with Gasteiger partial charge in [-0.2, -0.15) is 0 Å². The van der Waals surface area contributed by atoms with Crippen LogP contribution in [0.15, 0.2) is 59.8 Å². The molecule has 1 amide bonds. The van der Waals surface area contributed by atoms with Crippen molar-refractivity contribution in [2.24, 2.45) is 0 Å². The Labute approximate surface area is 221 Å². The summed E-state index contributed by atoms with van der Waals surface area (Å²) in [4.78, 5) is 28.5. The Morgan fingerprint density at radius 1 is 0.971 bits per heavy atom. The molecule has 0 spiro atoms. The lowest BCUT2D eigenvalue weighted by Crippen LogP contribution is -2.48. The summed E-state index contributed by atoms with van der Waals surface area (Å²) >= 11 is 14.1. The lowest BCUT2D eigenvalue weighted by molar-refractivity contribution is 0.0746. The van der Waals surface area contributed by atoms with Crippen LogP contribution in [0.4, 0.5) is 11.5 Å². The van der Waals surface area contributed by atoms with Gasteiger partial charge < -0.3 is 14.7 Å². The fraction of sp³-hybridized carbons (Fsp3) is 0.346. The molecule has 2 heterocycles. The van der Waals surface area contributed by atoms with Crippen molar-refractivity contribution in [3.8, 4) is 0 Å². The molecule has 0 aliphatic carbocycles. The lowest BCUT2D eigenvalue weighted by atomic mass is 10.1. The Hall–Kier alpha value is -2.48. The Kier molecular flexibility index (Phi) is 8.76. The van der Waals surface area contributed by atoms with E-state index in [1.165, 1.54) is 11.8 Å². The van der Waals surface area contributed by atoms with Gasteiger partial charge in [-0.1, -0.05) is 59.2 Å². The Bertz CT molecular complexity index is 1170. The van der Waals surface area contributed by atoms with Crippen molar-refractivity contribution in [2.45, 2.75) is 24.8 Å². The molecule has 0 N–H and O–H groups in total. The van der Waals surface area contributed by atoms with E-state index in [-0.39, 0.29) is 5.91 Å². The second-order valence-corrected chi connectivity index (χ2v) is 9.96. The number of thioether (sulfide) groups is 1. The smallest absolute Gasteiger partial charge is 0.253 e. The maximum absolute atomic E-state index is 13.2.